The molecule has 2 aliphatic rings. The minimum atomic E-state index is 0.572. The minimum Gasteiger partial charge on any atom is -0.378 e. The number of hydrogen-bond acceptors (Lipinski definition) is 3. The fourth-order valence-corrected chi connectivity index (χ4v) is 4.94. The molecule has 1 N–H and O–H groups in total. The van der Waals surface area contributed by atoms with Crippen molar-refractivity contribution >= 4 is 11.8 Å². The molecule has 2 rings (SSSR count). The topological polar surface area (TPSA) is 21.3 Å². The molecule has 0 aromatic rings. The smallest absolute Gasteiger partial charge is 0.0576 e. The Morgan fingerprint density at radius 1 is 1.15 bits per heavy atom. The molecule has 118 valence electrons. The Morgan fingerprint density at radius 3 is 2.70 bits per heavy atom. The van der Waals surface area contributed by atoms with Gasteiger partial charge in [0.05, 0.1) is 6.10 Å². The number of rotatable bonds is 9. The van der Waals surface area contributed by atoms with E-state index in [1.54, 1.807) is 0 Å². The molecule has 1 heterocycles. The first-order valence-corrected chi connectivity index (χ1v) is 9.90. The highest BCUT2D eigenvalue weighted by atomic mass is 32.2. The van der Waals surface area contributed by atoms with Crippen LogP contribution in [0.4, 0.5) is 0 Å². The molecular weight excluding hydrogens is 266 g/mol. The highest BCUT2D eigenvalue weighted by molar-refractivity contribution is 7.99. The summed E-state index contributed by atoms with van der Waals surface area (Å²) in [4.78, 5) is 0. The SMILES string of the molecule is CCNC(CCCC1CCCO1)CSC1CCCCC1. The molecule has 0 aromatic heterocycles. The number of thioether (sulfide) groups is 1. The van der Waals surface area contributed by atoms with Gasteiger partial charge in [0.2, 0.25) is 0 Å². The van der Waals surface area contributed by atoms with Crippen molar-refractivity contribution in [2.75, 3.05) is 18.9 Å². The van der Waals surface area contributed by atoms with Crippen LogP contribution in [0.2, 0.25) is 0 Å². The van der Waals surface area contributed by atoms with Crippen LogP contribution in [0.5, 0.6) is 0 Å². The minimum absolute atomic E-state index is 0.572. The van der Waals surface area contributed by atoms with Crippen molar-refractivity contribution in [2.45, 2.75) is 88.5 Å². The second kappa shape index (κ2) is 10.1. The fourth-order valence-electron chi connectivity index (χ4n) is 3.48. The lowest BCUT2D eigenvalue weighted by molar-refractivity contribution is 0.101. The first-order chi connectivity index (χ1) is 9.88. The van der Waals surface area contributed by atoms with Crippen LogP contribution in [-0.2, 0) is 4.74 Å². The zero-order chi connectivity index (χ0) is 14.0. The third-order valence-corrected chi connectivity index (χ3v) is 6.22. The Labute approximate surface area is 129 Å². The van der Waals surface area contributed by atoms with Crippen LogP contribution in [-0.4, -0.2) is 36.3 Å². The largest absolute Gasteiger partial charge is 0.378 e. The molecule has 3 heteroatoms. The third kappa shape index (κ3) is 6.36. The highest BCUT2D eigenvalue weighted by Crippen LogP contribution is 2.29. The lowest BCUT2D eigenvalue weighted by Crippen LogP contribution is -2.32. The molecule has 0 aromatic carbocycles. The number of nitrogens with one attached hydrogen (secondary N) is 1. The standard InChI is InChI=1S/C17H33NOS/c1-2-18-15(8-6-9-16-10-7-13-19-16)14-20-17-11-4-3-5-12-17/h15-18H,2-14H2,1H3. The summed E-state index contributed by atoms with van der Waals surface area (Å²) in [5.74, 6) is 1.31. The van der Waals surface area contributed by atoms with Crippen LogP contribution in [0.1, 0.15) is 71.1 Å². The quantitative estimate of drug-likeness (QED) is 0.682. The van der Waals surface area contributed by atoms with Gasteiger partial charge in [-0.2, -0.15) is 11.8 Å². The molecule has 2 nitrogen and oxygen atoms in total. The Morgan fingerprint density at radius 2 is 2.00 bits per heavy atom. The second-order valence-electron chi connectivity index (χ2n) is 6.41. The summed E-state index contributed by atoms with van der Waals surface area (Å²) >= 11 is 2.23. The van der Waals surface area contributed by atoms with E-state index < -0.39 is 0 Å². The molecule has 1 aliphatic heterocycles. The molecule has 0 amide bonds. The summed E-state index contributed by atoms with van der Waals surface area (Å²) in [7, 11) is 0. The lowest BCUT2D eigenvalue weighted by Gasteiger charge is -2.24. The summed E-state index contributed by atoms with van der Waals surface area (Å²) in [6.45, 7) is 4.34. The lowest BCUT2D eigenvalue weighted by atomic mass is 10.0. The Kier molecular flexibility index (Phi) is 8.38. The second-order valence-corrected chi connectivity index (χ2v) is 7.75. The van der Waals surface area contributed by atoms with Crippen LogP contribution in [0.25, 0.3) is 0 Å². The van der Waals surface area contributed by atoms with E-state index in [9.17, 15) is 0 Å². The molecule has 0 spiro atoms. The maximum atomic E-state index is 5.72. The predicted molar refractivity (Wildman–Crippen MR) is 89.6 cm³/mol. The normalized spacial score (nSPS) is 25.9. The Bertz CT molecular complexity index is 237. The van der Waals surface area contributed by atoms with Crippen LogP contribution in [0.3, 0.4) is 0 Å². The van der Waals surface area contributed by atoms with Gasteiger partial charge in [0, 0.05) is 23.7 Å². The van der Waals surface area contributed by atoms with Gasteiger partial charge in [-0.05, 0) is 51.5 Å². The van der Waals surface area contributed by atoms with Crippen molar-refractivity contribution in [3.8, 4) is 0 Å². The Hall–Kier alpha value is 0.270. The average Bonchev–Trinajstić information content (AvgIpc) is 2.99. The third-order valence-electron chi connectivity index (χ3n) is 4.68. The van der Waals surface area contributed by atoms with Crippen molar-refractivity contribution in [1.82, 2.24) is 5.32 Å². The van der Waals surface area contributed by atoms with E-state index in [4.69, 9.17) is 4.74 Å². The summed E-state index contributed by atoms with van der Waals surface area (Å²) in [6.07, 6.45) is 14.4. The summed E-state index contributed by atoms with van der Waals surface area (Å²) in [5, 5.41) is 4.63. The summed E-state index contributed by atoms with van der Waals surface area (Å²) < 4.78 is 5.72. The van der Waals surface area contributed by atoms with Gasteiger partial charge in [-0.25, -0.2) is 0 Å². The van der Waals surface area contributed by atoms with Gasteiger partial charge in [-0.15, -0.1) is 0 Å². The van der Waals surface area contributed by atoms with E-state index in [2.05, 4.69) is 24.0 Å². The van der Waals surface area contributed by atoms with Gasteiger partial charge in [-0.1, -0.05) is 26.2 Å². The van der Waals surface area contributed by atoms with E-state index in [0.717, 1.165) is 18.4 Å². The molecular formula is C17H33NOS. The van der Waals surface area contributed by atoms with E-state index >= 15 is 0 Å². The van der Waals surface area contributed by atoms with Crippen molar-refractivity contribution in [3.63, 3.8) is 0 Å². The molecule has 0 radical (unpaired) electrons. The molecule has 1 aliphatic carbocycles. The van der Waals surface area contributed by atoms with Crippen LogP contribution in [0, 0.1) is 0 Å². The maximum Gasteiger partial charge on any atom is 0.0576 e. The number of ether oxygens (including phenoxy) is 1. The van der Waals surface area contributed by atoms with Crippen LogP contribution >= 0.6 is 11.8 Å². The zero-order valence-electron chi connectivity index (χ0n) is 13.2. The van der Waals surface area contributed by atoms with Crippen LogP contribution in [0.15, 0.2) is 0 Å². The zero-order valence-corrected chi connectivity index (χ0v) is 14.1. The molecule has 2 atom stereocenters. The van der Waals surface area contributed by atoms with Gasteiger partial charge in [-0.3, -0.25) is 0 Å². The van der Waals surface area contributed by atoms with E-state index in [-0.39, 0.29) is 0 Å². The molecule has 2 fully saturated rings. The fraction of sp³-hybridized carbons (Fsp3) is 1.00. The molecule has 0 bridgehead atoms. The monoisotopic (exact) mass is 299 g/mol. The molecule has 1 saturated heterocycles. The Balaban J connectivity index is 1.58. The molecule has 2 unspecified atom stereocenters. The van der Waals surface area contributed by atoms with Gasteiger partial charge in [0.25, 0.3) is 0 Å². The van der Waals surface area contributed by atoms with Crippen molar-refractivity contribution in [2.24, 2.45) is 0 Å². The molecule has 1 saturated carbocycles. The van der Waals surface area contributed by atoms with Crippen molar-refractivity contribution in [1.29, 1.82) is 0 Å². The van der Waals surface area contributed by atoms with E-state index in [1.165, 1.54) is 70.0 Å². The highest BCUT2D eigenvalue weighted by Gasteiger charge is 2.18. The maximum absolute atomic E-state index is 5.72. The molecule has 20 heavy (non-hydrogen) atoms. The predicted octanol–water partition coefficient (Wildman–Crippen LogP) is 4.38. The van der Waals surface area contributed by atoms with Gasteiger partial charge < -0.3 is 10.1 Å². The van der Waals surface area contributed by atoms with Crippen molar-refractivity contribution in [3.05, 3.63) is 0 Å². The van der Waals surface area contributed by atoms with Crippen molar-refractivity contribution < 1.29 is 4.74 Å². The average molecular weight is 300 g/mol. The van der Waals surface area contributed by atoms with Gasteiger partial charge >= 0.3 is 0 Å². The van der Waals surface area contributed by atoms with E-state index in [0.29, 0.717) is 12.1 Å². The van der Waals surface area contributed by atoms with Crippen LogP contribution < -0.4 is 5.32 Å². The van der Waals surface area contributed by atoms with E-state index in [1.807, 2.05) is 0 Å². The number of hydrogen-bond donors (Lipinski definition) is 1. The summed E-state index contributed by atoms with van der Waals surface area (Å²) in [5.41, 5.74) is 0. The first kappa shape index (κ1) is 16.6. The summed E-state index contributed by atoms with van der Waals surface area (Å²) in [6, 6.07) is 0.716. The van der Waals surface area contributed by atoms with Gasteiger partial charge in [0.15, 0.2) is 0 Å². The first-order valence-electron chi connectivity index (χ1n) is 8.85. The van der Waals surface area contributed by atoms with Gasteiger partial charge in [0.1, 0.15) is 0 Å².